The molecule has 0 radical (unpaired) electrons. The molecule has 5 nitrogen and oxygen atoms in total. The second kappa shape index (κ2) is 6.95. The molecular weight excluding hydrogens is 256 g/mol. The first-order chi connectivity index (χ1) is 9.60. The highest BCUT2D eigenvalue weighted by Crippen LogP contribution is 2.25. The van der Waals surface area contributed by atoms with Gasteiger partial charge in [-0.15, -0.1) is 0 Å². The molecule has 0 spiro atoms. The minimum absolute atomic E-state index is 0.000332. The van der Waals surface area contributed by atoms with Gasteiger partial charge in [-0.05, 0) is 38.0 Å². The fourth-order valence-corrected chi connectivity index (χ4v) is 3.47. The Bertz CT molecular complexity index is 359. The Kier molecular flexibility index (Phi) is 5.26. The fraction of sp³-hybridized carbons (Fsp3) is 0.867. The summed E-state index contributed by atoms with van der Waals surface area (Å²) in [4.78, 5) is 25.1. The number of nitrogens with one attached hydrogen (secondary N) is 1. The van der Waals surface area contributed by atoms with Crippen LogP contribution in [0.15, 0.2) is 0 Å². The molecule has 1 aliphatic heterocycles. The molecule has 3 atom stereocenters. The third-order valence-electron chi connectivity index (χ3n) is 4.62. The van der Waals surface area contributed by atoms with Crippen molar-refractivity contribution in [1.82, 2.24) is 10.2 Å². The molecule has 1 saturated heterocycles. The molecule has 114 valence electrons. The predicted octanol–water partition coefficient (Wildman–Crippen LogP) is 2.46. The van der Waals surface area contributed by atoms with Gasteiger partial charge in [0.15, 0.2) is 0 Å². The van der Waals surface area contributed by atoms with Gasteiger partial charge in [0.1, 0.15) is 0 Å². The summed E-state index contributed by atoms with van der Waals surface area (Å²) < 4.78 is 0. The van der Waals surface area contributed by atoms with Crippen LogP contribution in [0.4, 0.5) is 4.79 Å². The highest BCUT2D eigenvalue weighted by Gasteiger charge is 2.30. The zero-order valence-corrected chi connectivity index (χ0v) is 12.3. The quantitative estimate of drug-likeness (QED) is 0.832. The maximum absolute atomic E-state index is 12.2. The third kappa shape index (κ3) is 3.87. The SMILES string of the molecule is CCCC1CCN(C(=O)NC2CCCC(C(=O)O)C2)C1. The van der Waals surface area contributed by atoms with Crippen molar-refractivity contribution in [3.05, 3.63) is 0 Å². The monoisotopic (exact) mass is 282 g/mol. The van der Waals surface area contributed by atoms with Gasteiger partial charge >= 0.3 is 12.0 Å². The number of hydrogen-bond acceptors (Lipinski definition) is 2. The Morgan fingerprint density at radius 3 is 2.80 bits per heavy atom. The maximum Gasteiger partial charge on any atom is 0.317 e. The van der Waals surface area contributed by atoms with Crippen molar-refractivity contribution in [2.75, 3.05) is 13.1 Å². The average Bonchev–Trinajstić information content (AvgIpc) is 2.88. The summed E-state index contributed by atoms with van der Waals surface area (Å²) >= 11 is 0. The Labute approximate surface area is 120 Å². The van der Waals surface area contributed by atoms with Gasteiger partial charge in [-0.25, -0.2) is 4.79 Å². The number of amides is 2. The van der Waals surface area contributed by atoms with E-state index in [9.17, 15) is 9.59 Å². The Morgan fingerprint density at radius 2 is 2.10 bits per heavy atom. The fourth-order valence-electron chi connectivity index (χ4n) is 3.47. The molecule has 1 saturated carbocycles. The van der Waals surface area contributed by atoms with Crippen molar-refractivity contribution in [2.24, 2.45) is 11.8 Å². The van der Waals surface area contributed by atoms with Crippen LogP contribution in [0.25, 0.3) is 0 Å². The molecule has 2 rings (SSSR count). The largest absolute Gasteiger partial charge is 0.481 e. The molecular formula is C15H26N2O3. The smallest absolute Gasteiger partial charge is 0.317 e. The van der Waals surface area contributed by atoms with E-state index in [-0.39, 0.29) is 18.0 Å². The number of carbonyl (C=O) groups is 2. The lowest BCUT2D eigenvalue weighted by Crippen LogP contribution is -2.46. The first-order valence-electron chi connectivity index (χ1n) is 7.88. The zero-order valence-electron chi connectivity index (χ0n) is 12.3. The zero-order chi connectivity index (χ0) is 14.5. The van der Waals surface area contributed by atoms with Gasteiger partial charge in [-0.1, -0.05) is 19.8 Å². The molecule has 1 aliphatic carbocycles. The Hall–Kier alpha value is -1.26. The first kappa shape index (κ1) is 15.1. The summed E-state index contributed by atoms with van der Waals surface area (Å²) in [5, 5.41) is 12.1. The lowest BCUT2D eigenvalue weighted by molar-refractivity contribution is -0.143. The van der Waals surface area contributed by atoms with E-state index < -0.39 is 5.97 Å². The average molecular weight is 282 g/mol. The summed E-state index contributed by atoms with van der Waals surface area (Å²) in [6.45, 7) is 3.87. The van der Waals surface area contributed by atoms with Crippen LogP contribution < -0.4 is 5.32 Å². The van der Waals surface area contributed by atoms with Crippen molar-refractivity contribution in [2.45, 2.75) is 57.9 Å². The van der Waals surface area contributed by atoms with Crippen LogP contribution in [-0.2, 0) is 4.79 Å². The van der Waals surface area contributed by atoms with Gasteiger partial charge < -0.3 is 15.3 Å². The van der Waals surface area contributed by atoms with Gasteiger partial charge in [0.2, 0.25) is 0 Å². The topological polar surface area (TPSA) is 69.6 Å². The number of carboxylic acid groups (broad SMARTS) is 1. The maximum atomic E-state index is 12.2. The summed E-state index contributed by atoms with van der Waals surface area (Å²) in [6, 6.07) is 0.0298. The van der Waals surface area contributed by atoms with E-state index in [4.69, 9.17) is 5.11 Å². The molecule has 3 unspecified atom stereocenters. The number of likely N-dealkylation sites (tertiary alicyclic amines) is 1. The first-order valence-corrected chi connectivity index (χ1v) is 7.88. The van der Waals surface area contributed by atoms with Crippen molar-refractivity contribution in [3.63, 3.8) is 0 Å². The van der Waals surface area contributed by atoms with Crippen LogP contribution in [0, 0.1) is 11.8 Å². The van der Waals surface area contributed by atoms with Crippen LogP contribution in [0.5, 0.6) is 0 Å². The molecule has 2 aliphatic rings. The number of carboxylic acids is 1. The van der Waals surface area contributed by atoms with Gasteiger partial charge in [0, 0.05) is 19.1 Å². The third-order valence-corrected chi connectivity index (χ3v) is 4.62. The van der Waals surface area contributed by atoms with Crippen molar-refractivity contribution in [1.29, 1.82) is 0 Å². The minimum Gasteiger partial charge on any atom is -0.481 e. The van der Waals surface area contributed by atoms with Crippen LogP contribution >= 0.6 is 0 Å². The second-order valence-corrected chi connectivity index (χ2v) is 6.24. The van der Waals surface area contributed by atoms with Gasteiger partial charge in [-0.2, -0.15) is 0 Å². The standard InChI is InChI=1S/C15H26N2O3/c1-2-4-11-7-8-17(10-11)15(20)16-13-6-3-5-12(9-13)14(18)19/h11-13H,2-10H2,1H3,(H,16,20)(H,18,19). The number of aliphatic carboxylic acids is 1. The molecule has 0 bridgehead atoms. The van der Waals surface area contributed by atoms with Crippen LogP contribution in [-0.4, -0.2) is 41.1 Å². The number of carbonyl (C=O) groups excluding carboxylic acids is 1. The molecule has 0 aromatic heterocycles. The number of rotatable bonds is 4. The summed E-state index contributed by atoms with van der Waals surface area (Å²) in [5.74, 6) is -0.377. The summed E-state index contributed by atoms with van der Waals surface area (Å²) in [5.41, 5.74) is 0. The molecule has 5 heteroatoms. The van der Waals surface area contributed by atoms with Crippen molar-refractivity contribution in [3.8, 4) is 0 Å². The molecule has 2 amide bonds. The van der Waals surface area contributed by atoms with E-state index in [0.29, 0.717) is 12.3 Å². The highest BCUT2D eigenvalue weighted by molar-refractivity contribution is 5.75. The van der Waals surface area contributed by atoms with E-state index in [1.54, 1.807) is 0 Å². The molecule has 20 heavy (non-hydrogen) atoms. The van der Waals surface area contributed by atoms with E-state index in [2.05, 4.69) is 12.2 Å². The predicted molar refractivity (Wildman–Crippen MR) is 76.5 cm³/mol. The number of hydrogen-bond donors (Lipinski definition) is 2. The van der Waals surface area contributed by atoms with E-state index >= 15 is 0 Å². The minimum atomic E-state index is -0.729. The molecule has 0 aromatic carbocycles. The summed E-state index contributed by atoms with van der Waals surface area (Å²) in [6.07, 6.45) is 6.57. The second-order valence-electron chi connectivity index (χ2n) is 6.24. The Morgan fingerprint density at radius 1 is 1.30 bits per heavy atom. The van der Waals surface area contributed by atoms with Crippen LogP contribution in [0.3, 0.4) is 0 Å². The van der Waals surface area contributed by atoms with Crippen molar-refractivity contribution >= 4 is 12.0 Å². The number of urea groups is 1. The van der Waals surface area contributed by atoms with Crippen LogP contribution in [0.1, 0.15) is 51.9 Å². The molecule has 0 aromatic rings. The van der Waals surface area contributed by atoms with Gasteiger partial charge in [0.05, 0.1) is 5.92 Å². The normalized spacial score (nSPS) is 30.2. The number of nitrogens with zero attached hydrogens (tertiary/aromatic N) is 1. The van der Waals surface area contributed by atoms with E-state index in [1.165, 1.54) is 12.8 Å². The van der Waals surface area contributed by atoms with Crippen LogP contribution in [0.2, 0.25) is 0 Å². The molecule has 2 N–H and O–H groups in total. The molecule has 2 fully saturated rings. The Balaban J connectivity index is 1.78. The lowest BCUT2D eigenvalue weighted by atomic mass is 9.86. The highest BCUT2D eigenvalue weighted by atomic mass is 16.4. The van der Waals surface area contributed by atoms with E-state index in [1.807, 2.05) is 4.90 Å². The van der Waals surface area contributed by atoms with E-state index in [0.717, 1.165) is 38.8 Å². The molecule has 1 heterocycles. The van der Waals surface area contributed by atoms with Gasteiger partial charge in [0.25, 0.3) is 0 Å². The van der Waals surface area contributed by atoms with Gasteiger partial charge in [-0.3, -0.25) is 4.79 Å². The van der Waals surface area contributed by atoms with Crippen molar-refractivity contribution < 1.29 is 14.7 Å². The lowest BCUT2D eigenvalue weighted by Gasteiger charge is -2.29. The summed E-state index contributed by atoms with van der Waals surface area (Å²) in [7, 11) is 0.